The highest BCUT2D eigenvalue weighted by Gasteiger charge is 2.15. The Morgan fingerprint density at radius 2 is 1.96 bits per heavy atom. The van der Waals surface area contributed by atoms with Gasteiger partial charge in [0.2, 0.25) is 11.8 Å². The van der Waals surface area contributed by atoms with Crippen LogP contribution in [0.3, 0.4) is 0 Å². The largest absolute Gasteiger partial charge is 0.366 e. The number of nitrogens with one attached hydrogen (secondary N) is 1. The summed E-state index contributed by atoms with van der Waals surface area (Å²) in [7, 11) is 3.99. The highest BCUT2D eigenvalue weighted by molar-refractivity contribution is 7.10. The fourth-order valence-corrected chi connectivity index (χ4v) is 3.13. The van der Waals surface area contributed by atoms with E-state index in [0.29, 0.717) is 12.1 Å². The molecule has 1 heterocycles. The summed E-state index contributed by atoms with van der Waals surface area (Å²) in [6.45, 7) is 0.539. The van der Waals surface area contributed by atoms with Crippen molar-refractivity contribution in [2.45, 2.75) is 6.04 Å². The standard InChI is InChI=1S/C18H21N3O2S/c1-21(2)15(16-4-3-11-24-16)12-20-17(22)10-7-13-5-8-14(9-6-13)18(19)23/h3-11,15H,12H2,1-2H3,(H2,19,23)(H,20,22)/b10-7+/t15-/m0/s1. The predicted molar refractivity (Wildman–Crippen MR) is 97.8 cm³/mol. The van der Waals surface area contributed by atoms with Crippen molar-refractivity contribution in [3.8, 4) is 0 Å². The van der Waals surface area contributed by atoms with Crippen LogP contribution in [0.2, 0.25) is 0 Å². The molecule has 2 aromatic rings. The van der Waals surface area contributed by atoms with Gasteiger partial charge >= 0.3 is 0 Å². The Bertz CT molecular complexity index is 706. The van der Waals surface area contributed by atoms with Gasteiger partial charge in [0.25, 0.3) is 0 Å². The van der Waals surface area contributed by atoms with E-state index < -0.39 is 5.91 Å². The third-order valence-electron chi connectivity index (χ3n) is 3.59. The molecular formula is C18H21N3O2S. The summed E-state index contributed by atoms with van der Waals surface area (Å²) in [4.78, 5) is 26.3. The van der Waals surface area contributed by atoms with Crippen molar-refractivity contribution in [1.82, 2.24) is 10.2 Å². The number of hydrogen-bond acceptors (Lipinski definition) is 4. The fourth-order valence-electron chi connectivity index (χ4n) is 2.21. The second-order valence-corrected chi connectivity index (χ2v) is 6.54. The Morgan fingerprint density at radius 3 is 2.50 bits per heavy atom. The molecule has 5 nitrogen and oxygen atoms in total. The first-order chi connectivity index (χ1) is 11.5. The lowest BCUT2D eigenvalue weighted by atomic mass is 10.1. The molecule has 1 atom stereocenters. The van der Waals surface area contributed by atoms with Crippen LogP contribution in [0.15, 0.2) is 47.9 Å². The molecule has 1 aromatic heterocycles. The van der Waals surface area contributed by atoms with Gasteiger partial charge in [0.15, 0.2) is 0 Å². The van der Waals surface area contributed by atoms with Crippen molar-refractivity contribution in [1.29, 1.82) is 0 Å². The molecule has 1 aromatic carbocycles. The van der Waals surface area contributed by atoms with Crippen LogP contribution >= 0.6 is 11.3 Å². The minimum atomic E-state index is -0.466. The Kier molecular flexibility index (Phi) is 6.28. The van der Waals surface area contributed by atoms with Gasteiger partial charge < -0.3 is 16.0 Å². The molecule has 2 amide bonds. The Labute approximate surface area is 145 Å². The molecule has 0 aliphatic carbocycles. The summed E-state index contributed by atoms with van der Waals surface area (Å²) < 4.78 is 0. The third kappa shape index (κ3) is 5.04. The number of carbonyl (C=O) groups excluding carboxylic acids is 2. The van der Waals surface area contributed by atoms with Crippen LogP contribution in [-0.4, -0.2) is 37.4 Å². The molecule has 24 heavy (non-hydrogen) atoms. The van der Waals surface area contributed by atoms with Gasteiger partial charge in [-0.25, -0.2) is 0 Å². The lowest BCUT2D eigenvalue weighted by Gasteiger charge is -2.23. The van der Waals surface area contributed by atoms with E-state index in [2.05, 4.69) is 16.3 Å². The second-order valence-electron chi connectivity index (χ2n) is 5.56. The normalized spacial score (nSPS) is 12.5. The van der Waals surface area contributed by atoms with Gasteiger partial charge in [0, 0.05) is 23.1 Å². The van der Waals surface area contributed by atoms with Crippen LogP contribution in [0.4, 0.5) is 0 Å². The maximum Gasteiger partial charge on any atom is 0.248 e. The lowest BCUT2D eigenvalue weighted by Crippen LogP contribution is -2.33. The first kappa shape index (κ1) is 17.9. The number of nitrogens with zero attached hydrogens (tertiary/aromatic N) is 1. The quantitative estimate of drug-likeness (QED) is 0.757. The second kappa shape index (κ2) is 8.42. The van der Waals surface area contributed by atoms with Crippen molar-refractivity contribution in [2.75, 3.05) is 20.6 Å². The van der Waals surface area contributed by atoms with Gasteiger partial charge in [-0.3, -0.25) is 9.59 Å². The molecular weight excluding hydrogens is 322 g/mol. The van der Waals surface area contributed by atoms with E-state index in [-0.39, 0.29) is 11.9 Å². The topological polar surface area (TPSA) is 75.4 Å². The van der Waals surface area contributed by atoms with E-state index in [9.17, 15) is 9.59 Å². The predicted octanol–water partition coefficient (Wildman–Crippen LogP) is 2.28. The van der Waals surface area contributed by atoms with Crippen molar-refractivity contribution in [3.63, 3.8) is 0 Å². The summed E-state index contributed by atoms with van der Waals surface area (Å²) in [6, 6.07) is 11.0. The van der Waals surface area contributed by atoms with E-state index in [4.69, 9.17) is 5.73 Å². The molecule has 3 N–H and O–H groups in total. The Balaban J connectivity index is 1.91. The van der Waals surface area contributed by atoms with Crippen LogP contribution in [0.5, 0.6) is 0 Å². The highest BCUT2D eigenvalue weighted by Crippen LogP contribution is 2.22. The van der Waals surface area contributed by atoms with E-state index in [1.807, 2.05) is 25.5 Å². The summed E-state index contributed by atoms with van der Waals surface area (Å²) in [5, 5.41) is 4.95. The number of carbonyl (C=O) groups is 2. The molecule has 0 aliphatic heterocycles. The number of rotatable bonds is 7. The van der Waals surface area contributed by atoms with Crippen LogP contribution in [0.1, 0.15) is 26.8 Å². The molecule has 0 spiro atoms. The van der Waals surface area contributed by atoms with E-state index in [0.717, 1.165) is 5.56 Å². The average Bonchev–Trinajstić information content (AvgIpc) is 3.07. The minimum absolute atomic E-state index is 0.150. The maximum atomic E-state index is 12.0. The van der Waals surface area contributed by atoms with Crippen molar-refractivity contribution in [3.05, 3.63) is 63.9 Å². The molecule has 6 heteroatoms. The smallest absolute Gasteiger partial charge is 0.248 e. The number of benzene rings is 1. The van der Waals surface area contributed by atoms with Crippen molar-refractivity contribution >= 4 is 29.2 Å². The van der Waals surface area contributed by atoms with Gasteiger partial charge in [0.1, 0.15) is 0 Å². The van der Waals surface area contributed by atoms with Gasteiger partial charge in [-0.05, 0) is 49.3 Å². The summed E-state index contributed by atoms with van der Waals surface area (Å²) in [5.74, 6) is -0.621. The minimum Gasteiger partial charge on any atom is -0.366 e. The molecule has 0 saturated heterocycles. The highest BCUT2D eigenvalue weighted by atomic mass is 32.1. The van der Waals surface area contributed by atoms with Crippen molar-refractivity contribution < 1.29 is 9.59 Å². The zero-order chi connectivity index (χ0) is 17.5. The summed E-state index contributed by atoms with van der Waals surface area (Å²) in [6.07, 6.45) is 3.19. The molecule has 0 bridgehead atoms. The lowest BCUT2D eigenvalue weighted by molar-refractivity contribution is -0.116. The van der Waals surface area contributed by atoms with Crippen LogP contribution < -0.4 is 11.1 Å². The third-order valence-corrected chi connectivity index (χ3v) is 4.56. The van der Waals surface area contributed by atoms with Gasteiger partial charge in [-0.15, -0.1) is 11.3 Å². The monoisotopic (exact) mass is 343 g/mol. The van der Waals surface area contributed by atoms with E-state index in [1.165, 1.54) is 11.0 Å². The van der Waals surface area contributed by atoms with Gasteiger partial charge in [-0.1, -0.05) is 18.2 Å². The van der Waals surface area contributed by atoms with Gasteiger partial charge in [-0.2, -0.15) is 0 Å². The van der Waals surface area contributed by atoms with Gasteiger partial charge in [0.05, 0.1) is 6.04 Å². The SMILES string of the molecule is CN(C)[C@@H](CNC(=O)/C=C/c1ccc(C(N)=O)cc1)c1cccs1. The zero-order valence-electron chi connectivity index (χ0n) is 13.7. The number of primary amides is 1. The maximum absolute atomic E-state index is 12.0. The number of thiophene rings is 1. The number of nitrogens with two attached hydrogens (primary N) is 1. The first-order valence-corrected chi connectivity index (χ1v) is 8.41. The summed E-state index contributed by atoms with van der Waals surface area (Å²) >= 11 is 1.68. The molecule has 0 unspecified atom stereocenters. The van der Waals surface area contributed by atoms with E-state index in [1.54, 1.807) is 41.7 Å². The molecule has 0 aliphatic rings. The number of likely N-dealkylation sites (N-methyl/N-ethyl adjacent to an activating group) is 1. The van der Waals surface area contributed by atoms with Crippen LogP contribution in [0, 0.1) is 0 Å². The zero-order valence-corrected chi connectivity index (χ0v) is 14.5. The fraction of sp³-hybridized carbons (Fsp3) is 0.222. The molecule has 2 rings (SSSR count). The molecule has 0 fully saturated rings. The Morgan fingerprint density at radius 1 is 1.25 bits per heavy atom. The molecule has 126 valence electrons. The average molecular weight is 343 g/mol. The van der Waals surface area contributed by atoms with E-state index >= 15 is 0 Å². The van der Waals surface area contributed by atoms with Crippen LogP contribution in [0.25, 0.3) is 6.08 Å². The number of amides is 2. The summed E-state index contributed by atoms with van der Waals surface area (Å²) in [5.41, 5.74) is 6.47. The van der Waals surface area contributed by atoms with Crippen molar-refractivity contribution in [2.24, 2.45) is 5.73 Å². The molecule has 0 radical (unpaired) electrons. The first-order valence-electron chi connectivity index (χ1n) is 7.53. The Hall–Kier alpha value is -2.44. The van der Waals surface area contributed by atoms with Crippen LogP contribution in [-0.2, 0) is 4.79 Å². The molecule has 0 saturated carbocycles. The number of hydrogen-bond donors (Lipinski definition) is 2.